The van der Waals surface area contributed by atoms with Crippen molar-refractivity contribution < 1.29 is 28.9 Å². The van der Waals surface area contributed by atoms with E-state index in [0.717, 1.165) is 23.1 Å². The van der Waals surface area contributed by atoms with Crippen LogP contribution in [0.25, 0.3) is 5.76 Å². The van der Waals surface area contributed by atoms with Gasteiger partial charge >= 0.3 is 0 Å². The van der Waals surface area contributed by atoms with Crippen molar-refractivity contribution >= 4 is 23.1 Å². The Morgan fingerprint density at radius 3 is 2.33 bits per heavy atom. The number of aliphatic hydroxyl groups is 1. The Bertz CT molecular complexity index is 1680. The molecule has 1 saturated heterocycles. The summed E-state index contributed by atoms with van der Waals surface area (Å²) in [5.74, 6) is 0.0267. The van der Waals surface area contributed by atoms with E-state index in [4.69, 9.17) is 14.2 Å². The van der Waals surface area contributed by atoms with Gasteiger partial charge in [0.1, 0.15) is 31.3 Å². The van der Waals surface area contributed by atoms with Gasteiger partial charge in [-0.3, -0.25) is 14.5 Å². The van der Waals surface area contributed by atoms with E-state index in [1.54, 1.807) is 36.4 Å². The molecule has 4 aromatic rings. The van der Waals surface area contributed by atoms with Crippen LogP contribution < -0.4 is 19.1 Å². The fourth-order valence-electron chi connectivity index (χ4n) is 5.38. The number of rotatable bonds is 7. The Hall–Kier alpha value is -5.04. The summed E-state index contributed by atoms with van der Waals surface area (Å²) in [5, 5.41) is 11.6. The summed E-state index contributed by atoms with van der Waals surface area (Å²) in [6.45, 7) is 5.18. The predicted molar refractivity (Wildman–Crippen MR) is 160 cm³/mol. The van der Waals surface area contributed by atoms with Crippen LogP contribution in [0.1, 0.15) is 40.8 Å². The van der Waals surface area contributed by atoms with Crippen molar-refractivity contribution in [2.45, 2.75) is 32.9 Å². The number of aliphatic hydroxyl groups excluding tert-OH is 1. The third kappa shape index (κ3) is 5.09. The largest absolute Gasteiger partial charge is 0.507 e. The lowest BCUT2D eigenvalue weighted by Gasteiger charge is -2.27. The molecule has 2 heterocycles. The quantitative estimate of drug-likeness (QED) is 0.157. The number of anilines is 1. The van der Waals surface area contributed by atoms with Crippen molar-refractivity contribution in [1.29, 1.82) is 0 Å². The summed E-state index contributed by atoms with van der Waals surface area (Å²) in [6, 6.07) is 27.2. The van der Waals surface area contributed by atoms with E-state index in [9.17, 15) is 14.7 Å². The fraction of sp³-hybridized carbons (Fsp3) is 0.200. The Balaban J connectivity index is 1.40. The van der Waals surface area contributed by atoms with Gasteiger partial charge in [0.05, 0.1) is 11.6 Å². The monoisotopic (exact) mass is 561 g/mol. The smallest absolute Gasteiger partial charge is 0.300 e. The van der Waals surface area contributed by atoms with Crippen LogP contribution in [0.5, 0.6) is 17.2 Å². The third-order valence-corrected chi connectivity index (χ3v) is 7.64. The number of nitrogens with zero attached hydrogens (tertiary/aromatic N) is 1. The lowest BCUT2D eigenvalue weighted by Crippen LogP contribution is -2.29. The Labute approximate surface area is 244 Å². The zero-order valence-corrected chi connectivity index (χ0v) is 23.5. The van der Waals surface area contributed by atoms with E-state index < -0.39 is 17.7 Å². The van der Waals surface area contributed by atoms with Crippen LogP contribution in [0.3, 0.4) is 0 Å². The second-order valence-electron chi connectivity index (χ2n) is 10.3. The predicted octanol–water partition coefficient (Wildman–Crippen LogP) is 6.53. The van der Waals surface area contributed by atoms with Crippen molar-refractivity contribution in [3.8, 4) is 17.2 Å². The maximum atomic E-state index is 13.6. The average molecular weight is 562 g/mol. The SMILES string of the molecule is CCc1ccc(C2/C(=C(\O)c3ccc(OCc4ccccc4)c(C)c3)C(=O)C(=O)N2c2ccc3c(c2)OCCO3)cc1. The molecule has 1 unspecified atom stereocenters. The van der Waals surface area contributed by atoms with Crippen LogP contribution >= 0.6 is 0 Å². The highest BCUT2D eigenvalue weighted by Crippen LogP contribution is 2.44. The van der Waals surface area contributed by atoms with Crippen LogP contribution in [0.4, 0.5) is 5.69 Å². The molecule has 7 nitrogen and oxygen atoms in total. The van der Waals surface area contributed by atoms with Crippen LogP contribution in [0.15, 0.2) is 96.6 Å². The maximum Gasteiger partial charge on any atom is 0.300 e. The summed E-state index contributed by atoms with van der Waals surface area (Å²) < 4.78 is 17.4. The molecule has 0 aromatic heterocycles. The number of fused-ring (bicyclic) bond motifs is 1. The lowest BCUT2D eigenvalue weighted by molar-refractivity contribution is -0.132. The van der Waals surface area contributed by atoms with E-state index in [0.29, 0.717) is 53.9 Å². The summed E-state index contributed by atoms with van der Waals surface area (Å²) in [4.78, 5) is 28.7. The van der Waals surface area contributed by atoms with Gasteiger partial charge in [0.2, 0.25) is 0 Å². The molecule has 2 aliphatic rings. The lowest BCUT2D eigenvalue weighted by atomic mass is 9.93. The van der Waals surface area contributed by atoms with Gasteiger partial charge in [-0.05, 0) is 65.9 Å². The first-order chi connectivity index (χ1) is 20.4. The van der Waals surface area contributed by atoms with E-state index in [1.807, 2.05) is 61.5 Å². The molecule has 0 radical (unpaired) electrons. The Morgan fingerprint density at radius 2 is 1.62 bits per heavy atom. The molecule has 0 saturated carbocycles. The topological polar surface area (TPSA) is 85.3 Å². The van der Waals surface area contributed by atoms with Gasteiger partial charge in [-0.1, -0.05) is 61.5 Å². The van der Waals surface area contributed by atoms with Gasteiger partial charge in [0.15, 0.2) is 11.5 Å². The first-order valence-electron chi connectivity index (χ1n) is 14.0. The number of carbonyl (C=O) groups is 2. The number of ether oxygens (including phenoxy) is 3. The molecule has 0 spiro atoms. The molecule has 6 rings (SSSR count). The number of benzene rings is 4. The van der Waals surface area contributed by atoms with Crippen molar-refractivity contribution in [2.24, 2.45) is 0 Å². The molecule has 42 heavy (non-hydrogen) atoms. The normalized spacial score (nSPS) is 17.4. The van der Waals surface area contributed by atoms with Crippen molar-refractivity contribution in [2.75, 3.05) is 18.1 Å². The summed E-state index contributed by atoms with van der Waals surface area (Å²) >= 11 is 0. The number of Topliss-reactive ketones (excluding diaryl/α,β-unsaturated/α-hetero) is 1. The average Bonchev–Trinajstić information content (AvgIpc) is 3.30. The molecular weight excluding hydrogens is 530 g/mol. The first kappa shape index (κ1) is 27.1. The molecule has 212 valence electrons. The minimum Gasteiger partial charge on any atom is -0.507 e. The molecule has 7 heteroatoms. The van der Waals surface area contributed by atoms with E-state index in [1.165, 1.54) is 4.90 Å². The van der Waals surface area contributed by atoms with Crippen LogP contribution in [0.2, 0.25) is 0 Å². The van der Waals surface area contributed by atoms with Gasteiger partial charge < -0.3 is 19.3 Å². The van der Waals surface area contributed by atoms with Gasteiger partial charge in [-0.2, -0.15) is 0 Å². The molecule has 1 fully saturated rings. The molecule has 1 N–H and O–H groups in total. The molecule has 0 aliphatic carbocycles. The van der Waals surface area contributed by atoms with Crippen LogP contribution in [-0.4, -0.2) is 30.0 Å². The Morgan fingerprint density at radius 1 is 0.881 bits per heavy atom. The fourth-order valence-corrected chi connectivity index (χ4v) is 5.38. The van der Waals surface area contributed by atoms with Crippen LogP contribution in [0, 0.1) is 6.92 Å². The van der Waals surface area contributed by atoms with Gasteiger partial charge in [0.25, 0.3) is 11.7 Å². The zero-order chi connectivity index (χ0) is 29.2. The highest BCUT2D eigenvalue weighted by atomic mass is 16.6. The number of ketones is 1. The zero-order valence-electron chi connectivity index (χ0n) is 23.5. The number of amides is 1. The molecule has 2 aliphatic heterocycles. The maximum absolute atomic E-state index is 13.6. The second kappa shape index (κ2) is 11.4. The number of aryl methyl sites for hydroxylation is 2. The molecular formula is C35H31NO6. The number of hydrogen-bond donors (Lipinski definition) is 1. The highest BCUT2D eigenvalue weighted by Gasteiger charge is 2.47. The van der Waals surface area contributed by atoms with Crippen molar-refractivity contribution in [3.63, 3.8) is 0 Å². The van der Waals surface area contributed by atoms with Crippen LogP contribution in [-0.2, 0) is 22.6 Å². The third-order valence-electron chi connectivity index (χ3n) is 7.64. The molecule has 0 bridgehead atoms. The van der Waals surface area contributed by atoms with E-state index in [2.05, 4.69) is 6.92 Å². The van der Waals surface area contributed by atoms with Crippen molar-refractivity contribution in [1.82, 2.24) is 0 Å². The number of hydrogen-bond acceptors (Lipinski definition) is 6. The summed E-state index contributed by atoms with van der Waals surface area (Å²) in [6.07, 6.45) is 0.848. The summed E-state index contributed by atoms with van der Waals surface area (Å²) in [7, 11) is 0. The van der Waals surface area contributed by atoms with Gasteiger partial charge in [-0.25, -0.2) is 0 Å². The standard InChI is InChI=1S/C35H31NO6/c1-3-23-9-11-25(12-10-23)32-31(34(38)35(39)36(32)27-14-16-29-30(20-27)41-18-17-40-29)33(37)26-13-15-28(22(2)19-26)42-21-24-7-5-4-6-8-24/h4-16,19-20,32,37H,3,17-18,21H2,1-2H3/b33-31+. The molecule has 1 amide bonds. The first-order valence-corrected chi connectivity index (χ1v) is 14.0. The van der Waals surface area contributed by atoms with Gasteiger partial charge in [-0.15, -0.1) is 0 Å². The second-order valence-corrected chi connectivity index (χ2v) is 10.3. The van der Waals surface area contributed by atoms with E-state index in [-0.39, 0.29) is 11.3 Å². The molecule has 1 atom stereocenters. The van der Waals surface area contributed by atoms with Gasteiger partial charge in [0, 0.05) is 17.3 Å². The Kier molecular flexibility index (Phi) is 7.40. The highest BCUT2D eigenvalue weighted by molar-refractivity contribution is 6.51. The minimum absolute atomic E-state index is 0.0245. The number of carbonyl (C=O) groups excluding carboxylic acids is 2. The minimum atomic E-state index is -0.840. The van der Waals surface area contributed by atoms with E-state index >= 15 is 0 Å². The van der Waals surface area contributed by atoms with Crippen molar-refractivity contribution in [3.05, 3.63) is 124 Å². The molecule has 4 aromatic carbocycles. The summed E-state index contributed by atoms with van der Waals surface area (Å²) in [5.41, 5.74) is 4.59.